The summed E-state index contributed by atoms with van der Waals surface area (Å²) in [5, 5.41) is 8.36. The molecular weight excluding hydrogens is 292 g/mol. The van der Waals surface area contributed by atoms with Gasteiger partial charge < -0.3 is 5.73 Å². The molecule has 0 aliphatic rings. The van der Waals surface area contributed by atoms with Crippen molar-refractivity contribution in [2.45, 2.75) is 6.42 Å². The Morgan fingerprint density at radius 1 is 1.06 bits per heavy atom. The maximum Gasteiger partial charge on any atom is 0.160 e. The number of aromatic nitrogens is 3. The SMILES string of the molecule is Nc1ccc(Cc2nnc3ccc(Br)cn23)cc1. The Kier molecular flexibility index (Phi) is 2.76. The van der Waals surface area contributed by atoms with Gasteiger partial charge in [0.2, 0.25) is 0 Å². The minimum absolute atomic E-state index is 0.734. The molecular formula is C13H11BrN4. The second-order valence-electron chi connectivity index (χ2n) is 4.11. The van der Waals surface area contributed by atoms with E-state index < -0.39 is 0 Å². The number of rotatable bonds is 2. The molecule has 0 bridgehead atoms. The fraction of sp³-hybridized carbons (Fsp3) is 0.0769. The van der Waals surface area contributed by atoms with Gasteiger partial charge in [-0.1, -0.05) is 12.1 Å². The normalized spacial score (nSPS) is 10.9. The molecule has 5 heteroatoms. The second kappa shape index (κ2) is 4.42. The molecule has 2 N–H and O–H groups in total. The average Bonchev–Trinajstić information content (AvgIpc) is 2.75. The lowest BCUT2D eigenvalue weighted by atomic mass is 10.1. The Morgan fingerprint density at radius 3 is 2.61 bits per heavy atom. The minimum atomic E-state index is 0.734. The zero-order chi connectivity index (χ0) is 12.5. The van der Waals surface area contributed by atoms with Crippen LogP contribution in [0.25, 0.3) is 5.65 Å². The molecule has 3 rings (SSSR count). The highest BCUT2D eigenvalue weighted by Crippen LogP contribution is 2.15. The molecule has 2 aromatic heterocycles. The summed E-state index contributed by atoms with van der Waals surface area (Å²) in [4.78, 5) is 0. The first-order valence-corrected chi connectivity index (χ1v) is 6.35. The van der Waals surface area contributed by atoms with E-state index in [1.807, 2.05) is 47.0 Å². The first-order chi connectivity index (χ1) is 8.72. The van der Waals surface area contributed by atoms with Crippen molar-refractivity contribution in [1.29, 1.82) is 0 Å². The minimum Gasteiger partial charge on any atom is -0.399 e. The molecule has 90 valence electrons. The number of hydrogen-bond acceptors (Lipinski definition) is 3. The summed E-state index contributed by atoms with van der Waals surface area (Å²) < 4.78 is 2.99. The fourth-order valence-electron chi connectivity index (χ4n) is 1.85. The number of hydrogen-bond donors (Lipinski definition) is 1. The fourth-order valence-corrected chi connectivity index (χ4v) is 2.19. The number of nitrogens with zero attached hydrogens (tertiary/aromatic N) is 3. The van der Waals surface area contributed by atoms with Gasteiger partial charge in [0.1, 0.15) is 5.82 Å². The molecule has 3 aromatic rings. The Hall–Kier alpha value is -1.88. The van der Waals surface area contributed by atoms with Gasteiger partial charge in [-0.2, -0.15) is 0 Å². The maximum atomic E-state index is 5.67. The van der Waals surface area contributed by atoms with Crippen molar-refractivity contribution >= 4 is 27.3 Å². The first-order valence-electron chi connectivity index (χ1n) is 5.56. The van der Waals surface area contributed by atoms with Crippen LogP contribution in [-0.2, 0) is 6.42 Å². The van der Waals surface area contributed by atoms with Gasteiger partial charge in [-0.25, -0.2) is 0 Å². The van der Waals surface area contributed by atoms with Crippen LogP contribution in [0.2, 0.25) is 0 Å². The average molecular weight is 303 g/mol. The zero-order valence-corrected chi connectivity index (χ0v) is 11.1. The van der Waals surface area contributed by atoms with E-state index in [9.17, 15) is 0 Å². The van der Waals surface area contributed by atoms with Gasteiger partial charge in [0, 0.05) is 22.8 Å². The van der Waals surface area contributed by atoms with Crippen LogP contribution in [-0.4, -0.2) is 14.6 Å². The van der Waals surface area contributed by atoms with Gasteiger partial charge in [-0.3, -0.25) is 4.40 Å². The van der Waals surface area contributed by atoms with E-state index in [0.29, 0.717) is 0 Å². The third kappa shape index (κ3) is 2.09. The molecule has 0 fully saturated rings. The number of benzene rings is 1. The lowest BCUT2D eigenvalue weighted by Crippen LogP contribution is -1.96. The summed E-state index contributed by atoms with van der Waals surface area (Å²) in [6.45, 7) is 0. The van der Waals surface area contributed by atoms with Gasteiger partial charge in [-0.05, 0) is 45.8 Å². The van der Waals surface area contributed by atoms with E-state index in [2.05, 4.69) is 26.1 Å². The van der Waals surface area contributed by atoms with Crippen molar-refractivity contribution in [2.75, 3.05) is 5.73 Å². The predicted octanol–water partition coefficient (Wildman–Crippen LogP) is 2.66. The van der Waals surface area contributed by atoms with Crippen molar-refractivity contribution < 1.29 is 0 Å². The van der Waals surface area contributed by atoms with E-state index in [-0.39, 0.29) is 0 Å². The number of nitrogen functional groups attached to an aromatic ring is 1. The molecule has 0 aliphatic carbocycles. The number of pyridine rings is 1. The molecule has 18 heavy (non-hydrogen) atoms. The Bertz CT molecular complexity index is 688. The molecule has 4 nitrogen and oxygen atoms in total. The molecule has 0 saturated heterocycles. The summed E-state index contributed by atoms with van der Waals surface area (Å²) >= 11 is 3.45. The summed E-state index contributed by atoms with van der Waals surface area (Å²) in [5.41, 5.74) is 8.46. The lowest BCUT2D eigenvalue weighted by molar-refractivity contribution is 0.933. The number of fused-ring (bicyclic) bond motifs is 1. The van der Waals surface area contributed by atoms with Crippen LogP contribution in [0.3, 0.4) is 0 Å². The molecule has 0 radical (unpaired) electrons. The van der Waals surface area contributed by atoms with Crippen LogP contribution in [0.15, 0.2) is 47.1 Å². The van der Waals surface area contributed by atoms with Crippen molar-refractivity contribution in [3.8, 4) is 0 Å². The van der Waals surface area contributed by atoms with E-state index in [1.165, 1.54) is 5.56 Å². The van der Waals surface area contributed by atoms with Crippen LogP contribution in [0.1, 0.15) is 11.4 Å². The first kappa shape index (κ1) is 11.2. The van der Waals surface area contributed by atoms with Gasteiger partial charge >= 0.3 is 0 Å². The third-order valence-electron chi connectivity index (χ3n) is 2.78. The van der Waals surface area contributed by atoms with Crippen molar-refractivity contribution in [3.05, 3.63) is 58.5 Å². The highest BCUT2D eigenvalue weighted by Gasteiger charge is 2.06. The van der Waals surface area contributed by atoms with Crippen LogP contribution < -0.4 is 5.73 Å². The van der Waals surface area contributed by atoms with Gasteiger partial charge in [0.05, 0.1) is 0 Å². The molecule has 0 saturated carbocycles. The zero-order valence-electron chi connectivity index (χ0n) is 9.55. The molecule has 0 aliphatic heterocycles. The Balaban J connectivity index is 1.99. The van der Waals surface area contributed by atoms with Crippen LogP contribution >= 0.6 is 15.9 Å². The maximum absolute atomic E-state index is 5.67. The number of halogens is 1. The summed E-state index contributed by atoms with van der Waals surface area (Å²) in [5.74, 6) is 0.913. The quantitative estimate of drug-likeness (QED) is 0.741. The largest absolute Gasteiger partial charge is 0.399 e. The number of nitrogens with two attached hydrogens (primary N) is 1. The third-order valence-corrected chi connectivity index (χ3v) is 3.25. The summed E-state index contributed by atoms with van der Waals surface area (Å²) in [6, 6.07) is 11.7. The molecule has 1 aromatic carbocycles. The van der Waals surface area contributed by atoms with Crippen molar-refractivity contribution in [3.63, 3.8) is 0 Å². The van der Waals surface area contributed by atoms with E-state index in [4.69, 9.17) is 5.73 Å². The van der Waals surface area contributed by atoms with Crippen molar-refractivity contribution in [2.24, 2.45) is 0 Å². The smallest absolute Gasteiger partial charge is 0.160 e. The highest BCUT2D eigenvalue weighted by atomic mass is 79.9. The van der Waals surface area contributed by atoms with Crippen LogP contribution in [0.4, 0.5) is 5.69 Å². The van der Waals surface area contributed by atoms with Gasteiger partial charge in [-0.15, -0.1) is 10.2 Å². The summed E-state index contributed by atoms with van der Waals surface area (Å²) in [7, 11) is 0. The highest BCUT2D eigenvalue weighted by molar-refractivity contribution is 9.10. The van der Waals surface area contributed by atoms with Crippen LogP contribution in [0, 0.1) is 0 Å². The standard InChI is InChI=1S/C13H11BrN4/c14-10-3-6-12-16-17-13(18(12)8-10)7-9-1-4-11(15)5-2-9/h1-6,8H,7,15H2. The van der Waals surface area contributed by atoms with E-state index >= 15 is 0 Å². The van der Waals surface area contributed by atoms with E-state index in [0.717, 1.165) is 28.1 Å². The monoisotopic (exact) mass is 302 g/mol. The molecule has 2 heterocycles. The molecule has 0 amide bonds. The molecule has 0 unspecified atom stereocenters. The predicted molar refractivity (Wildman–Crippen MR) is 74.3 cm³/mol. The topological polar surface area (TPSA) is 56.2 Å². The van der Waals surface area contributed by atoms with Gasteiger partial charge in [0.15, 0.2) is 5.65 Å². The van der Waals surface area contributed by atoms with Crippen molar-refractivity contribution in [1.82, 2.24) is 14.6 Å². The van der Waals surface area contributed by atoms with Crippen LogP contribution in [0.5, 0.6) is 0 Å². The Labute approximate surface area is 113 Å². The Morgan fingerprint density at radius 2 is 1.83 bits per heavy atom. The second-order valence-corrected chi connectivity index (χ2v) is 5.03. The molecule has 0 atom stereocenters. The van der Waals surface area contributed by atoms with E-state index in [1.54, 1.807) is 0 Å². The lowest BCUT2D eigenvalue weighted by Gasteiger charge is -2.01. The van der Waals surface area contributed by atoms with Gasteiger partial charge in [0.25, 0.3) is 0 Å². The summed E-state index contributed by atoms with van der Waals surface area (Å²) in [6.07, 6.45) is 2.71. The number of anilines is 1. The molecule has 0 spiro atoms.